The van der Waals surface area contributed by atoms with E-state index in [0.29, 0.717) is 30.7 Å². The fourth-order valence-corrected chi connectivity index (χ4v) is 4.32. The second-order valence-corrected chi connectivity index (χ2v) is 9.81. The van der Waals surface area contributed by atoms with E-state index in [0.717, 1.165) is 50.3 Å². The number of amides is 1. The van der Waals surface area contributed by atoms with Crippen molar-refractivity contribution in [1.82, 2.24) is 10.2 Å². The summed E-state index contributed by atoms with van der Waals surface area (Å²) in [6.45, 7) is 7.91. The first-order valence-corrected chi connectivity index (χ1v) is 12.8. The van der Waals surface area contributed by atoms with Crippen LogP contribution in [0.2, 0.25) is 0 Å². The summed E-state index contributed by atoms with van der Waals surface area (Å²) in [6, 6.07) is 16.1. The Morgan fingerprint density at radius 2 is 1.80 bits per heavy atom. The smallest absolute Gasteiger partial charge is 0.220 e. The van der Waals surface area contributed by atoms with Gasteiger partial charge in [-0.05, 0) is 55.5 Å². The number of carbonyl (C=O) groups excluding carboxylic acids is 2. The van der Waals surface area contributed by atoms with Gasteiger partial charge in [-0.3, -0.25) is 14.5 Å². The van der Waals surface area contributed by atoms with Gasteiger partial charge < -0.3 is 14.8 Å². The van der Waals surface area contributed by atoms with E-state index < -0.39 is 0 Å². The van der Waals surface area contributed by atoms with Gasteiger partial charge in [0, 0.05) is 50.8 Å². The molecule has 3 rings (SSSR count). The average Bonchev–Trinajstić information content (AvgIpc) is 2.87. The van der Waals surface area contributed by atoms with E-state index in [1.807, 2.05) is 48.5 Å². The summed E-state index contributed by atoms with van der Waals surface area (Å²) in [5, 5.41) is 2.91. The number of nitrogens with zero attached hydrogens (tertiary/aromatic N) is 1. The third-order valence-corrected chi connectivity index (χ3v) is 6.41. The maximum atomic E-state index is 12.4. The van der Waals surface area contributed by atoms with Crippen molar-refractivity contribution in [1.29, 1.82) is 0 Å². The zero-order valence-corrected chi connectivity index (χ0v) is 21.4. The van der Waals surface area contributed by atoms with Crippen LogP contribution in [-0.2, 0) is 22.5 Å². The molecule has 1 amide bonds. The molecule has 0 aromatic heterocycles. The fourth-order valence-electron chi connectivity index (χ4n) is 4.32. The molecule has 0 atom stereocenters. The Morgan fingerprint density at radius 3 is 2.51 bits per heavy atom. The molecular formula is C29H40N2O4. The predicted octanol–water partition coefficient (Wildman–Crippen LogP) is 4.65. The van der Waals surface area contributed by atoms with E-state index in [4.69, 9.17) is 9.47 Å². The summed E-state index contributed by atoms with van der Waals surface area (Å²) in [6.07, 6.45) is 3.53. The minimum Gasteiger partial charge on any atom is -0.492 e. The first-order valence-electron chi connectivity index (χ1n) is 12.8. The first-order chi connectivity index (χ1) is 16.9. The summed E-state index contributed by atoms with van der Waals surface area (Å²) < 4.78 is 11.4. The van der Waals surface area contributed by atoms with Gasteiger partial charge in [-0.25, -0.2) is 0 Å². The number of nitrogens with one attached hydrogen (secondary N) is 1. The highest BCUT2D eigenvalue weighted by atomic mass is 16.5. The zero-order chi connectivity index (χ0) is 25.0. The largest absolute Gasteiger partial charge is 0.492 e. The Kier molecular flexibility index (Phi) is 10.8. The van der Waals surface area contributed by atoms with Crippen molar-refractivity contribution >= 4 is 11.7 Å². The number of benzene rings is 2. The number of rotatable bonds is 13. The topological polar surface area (TPSA) is 67.9 Å². The number of carbonyl (C=O) groups is 2. The minimum atomic E-state index is -0.126. The molecule has 2 aromatic rings. The van der Waals surface area contributed by atoms with Crippen molar-refractivity contribution < 1.29 is 19.1 Å². The summed E-state index contributed by atoms with van der Waals surface area (Å²) in [4.78, 5) is 27.1. The lowest BCUT2D eigenvalue weighted by Crippen LogP contribution is -2.38. The van der Waals surface area contributed by atoms with Crippen molar-refractivity contribution in [2.45, 2.75) is 58.5 Å². The van der Waals surface area contributed by atoms with E-state index in [9.17, 15) is 9.59 Å². The molecule has 190 valence electrons. The minimum absolute atomic E-state index is 0.00244. The molecule has 0 unspecified atom stereocenters. The molecule has 1 aliphatic heterocycles. The first kappa shape index (κ1) is 26.9. The van der Waals surface area contributed by atoms with E-state index in [2.05, 4.69) is 31.1 Å². The molecular weight excluding hydrogens is 440 g/mol. The lowest BCUT2D eigenvalue weighted by molar-refractivity contribution is -0.121. The Bertz CT molecular complexity index is 936. The van der Waals surface area contributed by atoms with E-state index in [1.54, 1.807) is 0 Å². The second kappa shape index (κ2) is 14.0. The lowest BCUT2D eigenvalue weighted by atomic mass is 9.99. The molecule has 1 fully saturated rings. The van der Waals surface area contributed by atoms with E-state index in [1.165, 1.54) is 5.56 Å². The summed E-state index contributed by atoms with van der Waals surface area (Å²) in [7, 11) is 2.14. The molecule has 35 heavy (non-hydrogen) atoms. The van der Waals surface area contributed by atoms with Gasteiger partial charge in [0.05, 0.1) is 0 Å². The van der Waals surface area contributed by atoms with Gasteiger partial charge in [0.15, 0.2) is 5.78 Å². The molecule has 0 aliphatic carbocycles. The van der Waals surface area contributed by atoms with Gasteiger partial charge in [0.25, 0.3) is 0 Å². The molecule has 6 heteroatoms. The molecule has 0 radical (unpaired) electrons. The maximum absolute atomic E-state index is 12.4. The fraction of sp³-hybridized carbons (Fsp3) is 0.517. The number of Topliss-reactive ketones (excluding diaryl/α,β-unsaturated/α-hetero) is 1. The van der Waals surface area contributed by atoms with Crippen molar-refractivity contribution in [3.05, 3.63) is 65.2 Å². The van der Waals surface area contributed by atoms with Crippen LogP contribution >= 0.6 is 0 Å². The summed E-state index contributed by atoms with van der Waals surface area (Å²) in [5.74, 6) is 1.25. The van der Waals surface area contributed by atoms with Crippen molar-refractivity contribution in [2.24, 2.45) is 5.92 Å². The number of hydrogen-bond acceptors (Lipinski definition) is 5. The van der Waals surface area contributed by atoms with Crippen molar-refractivity contribution in [3.63, 3.8) is 0 Å². The number of likely N-dealkylation sites (N-methyl/N-ethyl adjacent to an activating group) is 1. The number of ether oxygens (including phenoxy) is 2. The number of ketones is 1. The van der Waals surface area contributed by atoms with Crippen LogP contribution in [0.4, 0.5) is 0 Å². The van der Waals surface area contributed by atoms with Crippen LogP contribution in [0.25, 0.3) is 0 Å². The summed E-state index contributed by atoms with van der Waals surface area (Å²) in [5.41, 5.74) is 2.87. The van der Waals surface area contributed by atoms with Crippen LogP contribution in [0.15, 0.2) is 48.5 Å². The van der Waals surface area contributed by atoms with Crippen LogP contribution in [0.5, 0.6) is 5.75 Å². The van der Waals surface area contributed by atoms with Gasteiger partial charge >= 0.3 is 0 Å². The van der Waals surface area contributed by atoms with Gasteiger partial charge in [0.1, 0.15) is 12.4 Å². The second-order valence-electron chi connectivity index (χ2n) is 9.81. The quantitative estimate of drug-likeness (QED) is 0.423. The Morgan fingerprint density at radius 1 is 1.06 bits per heavy atom. The van der Waals surface area contributed by atoms with Crippen LogP contribution in [0.3, 0.4) is 0 Å². The molecule has 0 saturated carbocycles. The molecule has 1 N–H and O–H groups in total. The van der Waals surface area contributed by atoms with Crippen LogP contribution in [0, 0.1) is 5.92 Å². The normalized spacial score (nSPS) is 14.3. The molecule has 2 aromatic carbocycles. The monoisotopic (exact) mass is 480 g/mol. The summed E-state index contributed by atoms with van der Waals surface area (Å²) >= 11 is 0. The molecule has 1 heterocycles. The van der Waals surface area contributed by atoms with Crippen molar-refractivity contribution in [2.75, 3.05) is 33.4 Å². The molecule has 6 nitrogen and oxygen atoms in total. The van der Waals surface area contributed by atoms with Crippen LogP contribution < -0.4 is 10.1 Å². The van der Waals surface area contributed by atoms with Crippen molar-refractivity contribution in [3.8, 4) is 5.75 Å². The SMILES string of the molecule is CC(C)Cc1ccc(C(=O)CCC(=O)NCc2cccc(OCCN(C)C3CCOCC3)c2)cc1. The van der Waals surface area contributed by atoms with Crippen LogP contribution in [-0.4, -0.2) is 56.0 Å². The highest BCUT2D eigenvalue weighted by Gasteiger charge is 2.18. The standard InChI is InChI=1S/C29H40N2O4/c1-22(2)19-23-7-9-25(10-8-23)28(32)11-12-29(33)30-21-24-5-4-6-27(20-24)35-18-15-31(3)26-13-16-34-17-14-26/h4-10,20,22,26H,11-19,21H2,1-3H3,(H,30,33). The Balaban J connectivity index is 1.36. The van der Waals surface area contributed by atoms with Gasteiger partial charge in [-0.15, -0.1) is 0 Å². The highest BCUT2D eigenvalue weighted by molar-refractivity contribution is 5.97. The van der Waals surface area contributed by atoms with E-state index >= 15 is 0 Å². The van der Waals surface area contributed by atoms with Crippen LogP contribution in [0.1, 0.15) is 61.0 Å². The average molecular weight is 481 g/mol. The number of hydrogen-bond donors (Lipinski definition) is 1. The Hall–Kier alpha value is -2.70. The van der Waals surface area contributed by atoms with Gasteiger partial charge in [-0.2, -0.15) is 0 Å². The molecule has 1 saturated heterocycles. The third kappa shape index (κ3) is 9.46. The molecule has 1 aliphatic rings. The molecule has 0 spiro atoms. The van der Waals surface area contributed by atoms with E-state index in [-0.39, 0.29) is 24.5 Å². The predicted molar refractivity (Wildman–Crippen MR) is 139 cm³/mol. The Labute approximate surface area is 210 Å². The molecule has 0 bridgehead atoms. The van der Waals surface area contributed by atoms with Gasteiger partial charge in [-0.1, -0.05) is 50.2 Å². The third-order valence-electron chi connectivity index (χ3n) is 6.41. The zero-order valence-electron chi connectivity index (χ0n) is 21.4. The lowest BCUT2D eigenvalue weighted by Gasteiger charge is -2.31. The maximum Gasteiger partial charge on any atom is 0.220 e. The van der Waals surface area contributed by atoms with Gasteiger partial charge in [0.2, 0.25) is 5.91 Å². The highest BCUT2D eigenvalue weighted by Crippen LogP contribution is 2.16.